The predicted molar refractivity (Wildman–Crippen MR) is 87.5 cm³/mol. The largest absolute Gasteiger partial charge is 0.496 e. The van der Waals surface area contributed by atoms with Crippen molar-refractivity contribution in [1.82, 2.24) is 10.0 Å². The molecule has 0 aliphatic carbocycles. The number of carbonyl (C=O) groups excluding carboxylic acids is 2. The van der Waals surface area contributed by atoms with Crippen LogP contribution in [0.1, 0.15) is 24.0 Å². The Bertz CT molecular complexity index is 744. The average molecular weight is 349 g/mol. The zero-order valence-electron chi connectivity index (χ0n) is 13.6. The maximum atomic E-state index is 12.8. The van der Waals surface area contributed by atoms with E-state index in [1.54, 1.807) is 26.2 Å². The van der Waals surface area contributed by atoms with E-state index in [9.17, 15) is 9.59 Å². The maximum absolute atomic E-state index is 12.8. The van der Waals surface area contributed by atoms with E-state index in [0.717, 1.165) is 0 Å². The van der Waals surface area contributed by atoms with Crippen LogP contribution in [0.3, 0.4) is 0 Å². The number of rotatable bonds is 3. The summed E-state index contributed by atoms with van der Waals surface area (Å²) >= 11 is 6.36. The zero-order valence-corrected chi connectivity index (χ0v) is 14.4. The van der Waals surface area contributed by atoms with Crippen LogP contribution in [0.25, 0.3) is 0 Å². The molecule has 2 aliphatic heterocycles. The highest BCUT2D eigenvalue weighted by molar-refractivity contribution is 6.32. The average Bonchev–Trinajstić information content (AvgIpc) is 3.08. The Labute approximate surface area is 145 Å². The molecule has 2 amide bonds. The van der Waals surface area contributed by atoms with Crippen LogP contribution in [0, 0.1) is 11.8 Å². The molecule has 2 aliphatic rings. The van der Waals surface area contributed by atoms with Crippen LogP contribution < -0.4 is 4.74 Å². The second-order valence-electron chi connectivity index (χ2n) is 5.58. The number of hydrogen-bond donors (Lipinski definition) is 0. The number of ether oxygens (including phenoxy) is 2. The summed E-state index contributed by atoms with van der Waals surface area (Å²) in [7, 11) is 3.04. The fourth-order valence-corrected chi connectivity index (χ4v) is 3.44. The van der Waals surface area contributed by atoms with Crippen LogP contribution in [0.2, 0.25) is 5.02 Å². The third-order valence-electron chi connectivity index (χ3n) is 4.25. The minimum absolute atomic E-state index is 0.168. The van der Waals surface area contributed by atoms with E-state index >= 15 is 0 Å². The van der Waals surface area contributed by atoms with Gasteiger partial charge in [0.25, 0.3) is 11.8 Å². The van der Waals surface area contributed by atoms with Crippen molar-refractivity contribution in [1.29, 1.82) is 0 Å². The number of benzene rings is 1. The molecule has 2 fully saturated rings. The van der Waals surface area contributed by atoms with Crippen molar-refractivity contribution in [2.45, 2.75) is 18.9 Å². The molecule has 0 bridgehead atoms. The standard InChI is InChI=1S/C17H17ClN2O4/c1-4-5-10-6-12(18)14(13(7-10)24-3)15-16(21)19-8-11(23-2)9-20(19)17(15)22/h6-7,11,15H,8-9H2,1-3H3. The molecule has 0 radical (unpaired) electrons. The summed E-state index contributed by atoms with van der Waals surface area (Å²) in [6, 6.07) is 3.34. The Morgan fingerprint density at radius 2 is 1.79 bits per heavy atom. The number of fused-ring (bicyclic) bond motifs is 1. The second kappa shape index (κ2) is 6.34. The molecule has 0 atom stereocenters. The number of methoxy groups -OCH3 is 2. The van der Waals surface area contributed by atoms with Gasteiger partial charge in [0, 0.05) is 18.2 Å². The Kier molecular flexibility index (Phi) is 4.39. The van der Waals surface area contributed by atoms with Crippen LogP contribution in [-0.4, -0.2) is 55.2 Å². The van der Waals surface area contributed by atoms with Crippen molar-refractivity contribution in [3.63, 3.8) is 0 Å². The molecular weight excluding hydrogens is 332 g/mol. The molecule has 1 aromatic carbocycles. The molecule has 0 saturated carbocycles. The summed E-state index contributed by atoms with van der Waals surface area (Å²) in [5, 5.41) is 3.15. The summed E-state index contributed by atoms with van der Waals surface area (Å²) in [6.45, 7) is 2.43. The lowest BCUT2D eigenvalue weighted by Crippen LogP contribution is -2.33. The first kappa shape index (κ1) is 16.6. The Hall–Kier alpha value is -2.23. The van der Waals surface area contributed by atoms with Gasteiger partial charge in [-0.1, -0.05) is 17.5 Å². The normalized spacial score (nSPS) is 18.0. The summed E-state index contributed by atoms with van der Waals surface area (Å²) in [4.78, 5) is 25.5. The lowest BCUT2D eigenvalue weighted by Gasteiger charge is -2.16. The number of halogens is 1. The van der Waals surface area contributed by atoms with Gasteiger partial charge in [-0.2, -0.15) is 0 Å². The summed E-state index contributed by atoms with van der Waals surface area (Å²) in [6.07, 6.45) is -0.168. The van der Waals surface area contributed by atoms with E-state index in [0.29, 0.717) is 35.0 Å². The van der Waals surface area contributed by atoms with Gasteiger partial charge in [-0.3, -0.25) is 9.59 Å². The van der Waals surface area contributed by atoms with E-state index in [2.05, 4.69) is 11.8 Å². The Morgan fingerprint density at radius 1 is 1.17 bits per heavy atom. The summed E-state index contributed by atoms with van der Waals surface area (Å²) in [5.74, 6) is 4.45. The third kappa shape index (κ3) is 2.50. The minimum atomic E-state index is -0.992. The number of hydrazine groups is 1. The van der Waals surface area contributed by atoms with Crippen molar-refractivity contribution in [3.05, 3.63) is 28.3 Å². The molecular formula is C17H17ClN2O4. The Morgan fingerprint density at radius 3 is 2.29 bits per heavy atom. The lowest BCUT2D eigenvalue weighted by molar-refractivity contribution is -0.141. The van der Waals surface area contributed by atoms with E-state index < -0.39 is 5.92 Å². The summed E-state index contributed by atoms with van der Waals surface area (Å²) < 4.78 is 10.6. The first-order chi connectivity index (χ1) is 11.5. The van der Waals surface area contributed by atoms with Gasteiger partial charge in [0.15, 0.2) is 5.92 Å². The first-order valence-electron chi connectivity index (χ1n) is 7.47. The van der Waals surface area contributed by atoms with Crippen LogP contribution >= 0.6 is 11.6 Å². The van der Waals surface area contributed by atoms with Crippen molar-refractivity contribution in [2.75, 3.05) is 27.3 Å². The van der Waals surface area contributed by atoms with Crippen LogP contribution in [0.5, 0.6) is 5.75 Å². The molecule has 6 nitrogen and oxygen atoms in total. The van der Waals surface area contributed by atoms with E-state index in [-0.39, 0.29) is 17.9 Å². The van der Waals surface area contributed by atoms with Gasteiger partial charge >= 0.3 is 0 Å². The molecule has 2 saturated heterocycles. The number of carbonyl (C=O) groups is 2. The van der Waals surface area contributed by atoms with Crippen LogP contribution in [0.4, 0.5) is 0 Å². The number of hydrogen-bond acceptors (Lipinski definition) is 4. The van der Waals surface area contributed by atoms with Crippen LogP contribution in [-0.2, 0) is 14.3 Å². The molecule has 0 spiro atoms. The van der Waals surface area contributed by atoms with E-state index in [1.807, 2.05) is 0 Å². The molecule has 7 heteroatoms. The van der Waals surface area contributed by atoms with Gasteiger partial charge in [0.05, 0.1) is 31.3 Å². The second-order valence-corrected chi connectivity index (χ2v) is 5.99. The quantitative estimate of drug-likeness (QED) is 0.612. The van der Waals surface area contributed by atoms with Crippen molar-refractivity contribution < 1.29 is 19.1 Å². The molecule has 126 valence electrons. The first-order valence-corrected chi connectivity index (χ1v) is 7.85. The van der Waals surface area contributed by atoms with Crippen molar-refractivity contribution in [3.8, 4) is 17.6 Å². The molecule has 3 rings (SSSR count). The molecule has 1 aromatic rings. The zero-order chi connectivity index (χ0) is 17.4. The topological polar surface area (TPSA) is 59.1 Å². The minimum Gasteiger partial charge on any atom is -0.496 e. The number of amides is 2. The van der Waals surface area contributed by atoms with Gasteiger partial charge in [-0.15, -0.1) is 5.92 Å². The predicted octanol–water partition coefficient (Wildman–Crippen LogP) is 1.42. The smallest absolute Gasteiger partial charge is 0.258 e. The van der Waals surface area contributed by atoms with Gasteiger partial charge in [0.1, 0.15) is 5.75 Å². The molecule has 0 unspecified atom stereocenters. The number of nitrogens with zero attached hydrogens (tertiary/aromatic N) is 2. The Balaban J connectivity index is 2.02. The van der Waals surface area contributed by atoms with Gasteiger partial charge < -0.3 is 9.47 Å². The highest BCUT2D eigenvalue weighted by Crippen LogP contribution is 2.41. The van der Waals surface area contributed by atoms with E-state index in [1.165, 1.54) is 17.1 Å². The lowest BCUT2D eigenvalue weighted by atomic mass is 9.95. The molecule has 0 aromatic heterocycles. The van der Waals surface area contributed by atoms with Gasteiger partial charge in [0.2, 0.25) is 0 Å². The third-order valence-corrected chi connectivity index (χ3v) is 4.56. The van der Waals surface area contributed by atoms with Crippen molar-refractivity contribution >= 4 is 23.4 Å². The van der Waals surface area contributed by atoms with Gasteiger partial charge in [-0.25, -0.2) is 10.0 Å². The molecule has 0 N–H and O–H groups in total. The van der Waals surface area contributed by atoms with Crippen LogP contribution in [0.15, 0.2) is 12.1 Å². The van der Waals surface area contributed by atoms with E-state index in [4.69, 9.17) is 21.1 Å². The van der Waals surface area contributed by atoms with Gasteiger partial charge in [-0.05, 0) is 19.1 Å². The fraction of sp³-hybridized carbons (Fsp3) is 0.412. The highest BCUT2D eigenvalue weighted by Gasteiger charge is 2.52. The fourth-order valence-electron chi connectivity index (χ4n) is 3.12. The monoisotopic (exact) mass is 348 g/mol. The maximum Gasteiger partial charge on any atom is 0.258 e. The summed E-state index contributed by atoms with van der Waals surface area (Å²) in [5.41, 5.74) is 1.06. The SMILES string of the molecule is CC#Cc1cc(Cl)c(C2C(=O)N3CC(OC)CN3C2=O)c(OC)c1. The van der Waals surface area contributed by atoms with Crippen molar-refractivity contribution in [2.24, 2.45) is 0 Å². The highest BCUT2D eigenvalue weighted by atomic mass is 35.5. The molecule has 24 heavy (non-hydrogen) atoms. The molecule has 2 heterocycles.